The maximum atomic E-state index is 14.1. The first-order valence-electron chi connectivity index (χ1n) is 5.88. The maximum absolute atomic E-state index is 14.1. The minimum Gasteiger partial charge on any atom is -0.394 e. The van der Waals surface area contributed by atoms with E-state index in [9.17, 15) is 9.50 Å². The largest absolute Gasteiger partial charge is 0.394 e. The Morgan fingerprint density at radius 2 is 2.20 bits per heavy atom. The van der Waals surface area contributed by atoms with Gasteiger partial charge in [0.25, 0.3) is 0 Å². The van der Waals surface area contributed by atoms with E-state index >= 15 is 0 Å². The molecule has 3 rings (SSSR count). The van der Waals surface area contributed by atoms with E-state index in [0.29, 0.717) is 0 Å². The topological polar surface area (TPSA) is 145 Å². The number of halogens is 1. The summed E-state index contributed by atoms with van der Waals surface area (Å²) in [5.74, 6) is -0.0432. The number of hydrogen-bond acceptors (Lipinski definition) is 8. The first-order chi connectivity index (χ1) is 9.52. The number of aliphatic hydroxyl groups is 2. The molecule has 0 amide bonds. The lowest BCUT2D eigenvalue weighted by atomic mass is 10.1. The second kappa shape index (κ2) is 4.51. The highest BCUT2D eigenvalue weighted by atomic mass is 19.1. The smallest absolute Gasteiger partial charge is 0.240 e. The number of imidazole rings is 1. The summed E-state index contributed by atoms with van der Waals surface area (Å²) in [4.78, 5) is 7.72. The number of alkyl halides is 1. The zero-order valence-electron chi connectivity index (χ0n) is 10.2. The molecule has 2 aromatic rings. The highest BCUT2D eigenvalue weighted by Crippen LogP contribution is 2.35. The lowest BCUT2D eigenvalue weighted by molar-refractivity contribution is -0.0241. The molecule has 1 fully saturated rings. The van der Waals surface area contributed by atoms with E-state index < -0.39 is 31.1 Å². The molecule has 1 saturated heterocycles. The molecule has 0 aromatic carbocycles. The Labute approximate surface area is 112 Å². The molecule has 0 radical (unpaired) electrons. The molecule has 0 bridgehead atoms. The normalized spacial score (nSPS) is 30.1. The summed E-state index contributed by atoms with van der Waals surface area (Å²) in [7, 11) is 0. The molecule has 4 atom stereocenters. The molecule has 10 heteroatoms. The highest BCUT2D eigenvalue weighted by Gasteiger charge is 2.46. The van der Waals surface area contributed by atoms with E-state index in [1.807, 2.05) is 0 Å². The number of fused-ring (bicyclic) bond motifs is 1. The third kappa shape index (κ3) is 1.77. The molecule has 108 valence electrons. The molecule has 1 aliphatic heterocycles. The summed E-state index contributed by atoms with van der Waals surface area (Å²) in [6.45, 7) is -0.492. The molecule has 20 heavy (non-hydrogen) atoms. The quantitative estimate of drug-likeness (QED) is 0.517. The van der Waals surface area contributed by atoms with Crippen LogP contribution in [0.4, 0.5) is 16.2 Å². The maximum Gasteiger partial charge on any atom is 0.240 e. The van der Waals surface area contributed by atoms with Crippen LogP contribution in [0.3, 0.4) is 0 Å². The Kier molecular flexibility index (Phi) is 2.92. The van der Waals surface area contributed by atoms with Crippen molar-refractivity contribution in [3.05, 3.63) is 11.9 Å². The van der Waals surface area contributed by atoms with Gasteiger partial charge in [0.2, 0.25) is 5.95 Å². The van der Waals surface area contributed by atoms with Gasteiger partial charge in [0, 0.05) is 0 Å². The van der Waals surface area contributed by atoms with Crippen LogP contribution in [0.25, 0.3) is 5.65 Å². The fourth-order valence-corrected chi connectivity index (χ4v) is 2.24. The van der Waals surface area contributed by atoms with Crippen molar-refractivity contribution in [3.63, 3.8) is 0 Å². The zero-order chi connectivity index (χ0) is 14.4. The molecular formula is C10H13FN6O3. The van der Waals surface area contributed by atoms with Gasteiger partial charge < -0.3 is 26.4 Å². The number of aromatic nitrogens is 4. The summed E-state index contributed by atoms with van der Waals surface area (Å²) in [6.07, 6.45) is -3.94. The molecule has 6 N–H and O–H groups in total. The van der Waals surface area contributed by atoms with Crippen LogP contribution in [0.1, 0.15) is 11.8 Å². The number of aliphatic hydroxyl groups excluding tert-OH is 2. The lowest BCUT2D eigenvalue weighted by Gasteiger charge is -2.12. The number of rotatable bonds is 2. The van der Waals surface area contributed by atoms with Gasteiger partial charge in [-0.1, -0.05) is 0 Å². The molecule has 1 aliphatic rings. The third-order valence-electron chi connectivity index (χ3n) is 3.22. The Morgan fingerprint density at radius 1 is 1.45 bits per heavy atom. The van der Waals surface area contributed by atoms with Crippen LogP contribution in [0.2, 0.25) is 0 Å². The Hall–Kier alpha value is -2.04. The lowest BCUT2D eigenvalue weighted by Crippen LogP contribution is -2.30. The summed E-state index contributed by atoms with van der Waals surface area (Å²) in [5.41, 5.74) is 11.6. The van der Waals surface area contributed by atoms with Gasteiger partial charge in [-0.05, 0) is 0 Å². The zero-order valence-corrected chi connectivity index (χ0v) is 10.2. The average molecular weight is 284 g/mol. The Balaban J connectivity index is 2.07. The first kappa shape index (κ1) is 13.0. The van der Waals surface area contributed by atoms with Crippen molar-refractivity contribution in [2.24, 2.45) is 0 Å². The van der Waals surface area contributed by atoms with Crippen molar-refractivity contribution < 1.29 is 19.3 Å². The molecule has 0 aliphatic carbocycles. The fraction of sp³-hybridized carbons (Fsp3) is 0.500. The molecule has 0 spiro atoms. The molecule has 9 nitrogen and oxygen atoms in total. The number of nitrogens with two attached hydrogens (primary N) is 2. The predicted molar refractivity (Wildman–Crippen MR) is 65.2 cm³/mol. The van der Waals surface area contributed by atoms with Crippen LogP contribution >= 0.6 is 0 Å². The van der Waals surface area contributed by atoms with Crippen LogP contribution in [0.5, 0.6) is 0 Å². The fourth-order valence-electron chi connectivity index (χ4n) is 2.24. The summed E-state index contributed by atoms with van der Waals surface area (Å²) in [6, 6.07) is 0. The summed E-state index contributed by atoms with van der Waals surface area (Å²) < 4.78 is 20.6. The molecule has 2 aromatic heterocycles. The predicted octanol–water partition coefficient (Wildman–Crippen LogP) is -1.58. The van der Waals surface area contributed by atoms with E-state index in [1.54, 1.807) is 0 Å². The van der Waals surface area contributed by atoms with Crippen molar-refractivity contribution in [1.29, 1.82) is 0 Å². The van der Waals surface area contributed by atoms with Gasteiger partial charge in [-0.25, -0.2) is 13.9 Å². The number of ether oxygens (including phenoxy) is 1. The molecular weight excluding hydrogens is 271 g/mol. The van der Waals surface area contributed by atoms with Crippen LogP contribution in [0, 0.1) is 0 Å². The first-order valence-corrected chi connectivity index (χ1v) is 5.88. The van der Waals surface area contributed by atoms with E-state index in [-0.39, 0.29) is 23.1 Å². The monoisotopic (exact) mass is 284 g/mol. The van der Waals surface area contributed by atoms with Crippen LogP contribution < -0.4 is 11.5 Å². The van der Waals surface area contributed by atoms with Gasteiger partial charge in [-0.3, -0.25) is 0 Å². The highest BCUT2D eigenvalue weighted by molar-refractivity contribution is 5.60. The number of anilines is 2. The third-order valence-corrected chi connectivity index (χ3v) is 3.22. The van der Waals surface area contributed by atoms with E-state index in [1.165, 1.54) is 10.7 Å². The number of hydrogen-bond donors (Lipinski definition) is 4. The Morgan fingerprint density at radius 3 is 2.85 bits per heavy atom. The van der Waals surface area contributed by atoms with Crippen LogP contribution in [0.15, 0.2) is 6.20 Å². The second-order valence-electron chi connectivity index (χ2n) is 4.49. The van der Waals surface area contributed by atoms with Crippen LogP contribution in [-0.2, 0) is 4.74 Å². The molecule has 1 unspecified atom stereocenters. The van der Waals surface area contributed by atoms with Crippen molar-refractivity contribution >= 4 is 17.4 Å². The standard InChI is InChI=1S/C10H13FN6O3/c11-5-6(19)4(2-18)20-7(5)3-1-14-9-8(12)15-10(13)16-17(3)9/h1,4-7,18-19H,2H2,(H4,12,13,15,16)/t4-,5-,6-,7?/m1/s1. The molecule has 0 saturated carbocycles. The average Bonchev–Trinajstić information content (AvgIpc) is 2.93. The minimum absolute atomic E-state index is 0.0522. The number of nitrogens with zero attached hydrogens (tertiary/aromatic N) is 4. The van der Waals surface area contributed by atoms with Crippen LogP contribution in [-0.4, -0.2) is 54.8 Å². The van der Waals surface area contributed by atoms with Gasteiger partial charge in [-0.15, -0.1) is 5.10 Å². The summed E-state index contributed by atoms with van der Waals surface area (Å²) in [5, 5.41) is 22.6. The van der Waals surface area contributed by atoms with Gasteiger partial charge in [-0.2, -0.15) is 4.98 Å². The van der Waals surface area contributed by atoms with Crippen molar-refractivity contribution in [3.8, 4) is 0 Å². The molecule has 3 heterocycles. The van der Waals surface area contributed by atoms with E-state index in [2.05, 4.69) is 15.1 Å². The summed E-state index contributed by atoms with van der Waals surface area (Å²) >= 11 is 0. The van der Waals surface area contributed by atoms with E-state index in [4.69, 9.17) is 21.3 Å². The number of nitrogen functional groups attached to an aromatic ring is 2. The van der Waals surface area contributed by atoms with Gasteiger partial charge in [0.1, 0.15) is 18.3 Å². The van der Waals surface area contributed by atoms with Crippen molar-refractivity contribution in [2.45, 2.75) is 24.5 Å². The van der Waals surface area contributed by atoms with Crippen molar-refractivity contribution in [1.82, 2.24) is 19.6 Å². The minimum atomic E-state index is -1.72. The van der Waals surface area contributed by atoms with E-state index in [0.717, 1.165) is 0 Å². The SMILES string of the molecule is Nc1nc(N)c2ncc(C3O[C@H](CO)[C@@H](O)[C@H]3F)n2n1. The van der Waals surface area contributed by atoms with Gasteiger partial charge >= 0.3 is 0 Å². The Bertz CT molecular complexity index is 649. The van der Waals surface area contributed by atoms with Gasteiger partial charge in [0.15, 0.2) is 17.6 Å². The second-order valence-corrected chi connectivity index (χ2v) is 4.49. The van der Waals surface area contributed by atoms with Gasteiger partial charge in [0.05, 0.1) is 18.5 Å². The van der Waals surface area contributed by atoms with Crippen molar-refractivity contribution in [2.75, 3.05) is 18.1 Å².